The Morgan fingerprint density at radius 3 is 2.89 bits per heavy atom. The average Bonchev–Trinajstić information content (AvgIpc) is 2.30. The Bertz CT molecular complexity index is 408. The Morgan fingerprint density at radius 2 is 2.22 bits per heavy atom. The number of nitrogens with two attached hydrogens (primary N) is 1. The van der Waals surface area contributed by atoms with E-state index in [2.05, 4.69) is 35.1 Å². The van der Waals surface area contributed by atoms with Crippen LogP contribution in [0.2, 0.25) is 0 Å². The Balaban J connectivity index is 2.36. The van der Waals surface area contributed by atoms with E-state index < -0.39 is 0 Å². The second-order valence-electron chi connectivity index (χ2n) is 4.48. The largest absolute Gasteiger partial charge is 0.483 e. The number of halogens is 1. The molecule has 0 bridgehead atoms. The third-order valence-electron chi connectivity index (χ3n) is 2.40. The van der Waals surface area contributed by atoms with E-state index in [-0.39, 0.29) is 12.5 Å². The summed E-state index contributed by atoms with van der Waals surface area (Å²) >= 11 is 3.32. The van der Waals surface area contributed by atoms with E-state index in [0.29, 0.717) is 28.4 Å². The third-order valence-corrected chi connectivity index (χ3v) is 3.24. The molecule has 1 aromatic carbocycles. The van der Waals surface area contributed by atoms with Crippen molar-refractivity contribution in [2.75, 3.05) is 18.9 Å². The van der Waals surface area contributed by atoms with Crippen LogP contribution in [-0.2, 0) is 4.79 Å². The molecule has 3 N–H and O–H groups in total. The SMILES string of the molecule is CC(C)CCNC(=O)COc1cccc(N)c1Br. The topological polar surface area (TPSA) is 64.3 Å². The van der Waals surface area contributed by atoms with Crippen molar-refractivity contribution in [1.29, 1.82) is 0 Å². The summed E-state index contributed by atoms with van der Waals surface area (Å²) in [5.74, 6) is 1.04. The maximum absolute atomic E-state index is 11.5. The van der Waals surface area contributed by atoms with Crippen LogP contribution < -0.4 is 15.8 Å². The first-order valence-corrected chi connectivity index (χ1v) is 6.73. The lowest BCUT2D eigenvalue weighted by molar-refractivity contribution is -0.123. The van der Waals surface area contributed by atoms with Gasteiger partial charge in [0.25, 0.3) is 5.91 Å². The van der Waals surface area contributed by atoms with E-state index in [4.69, 9.17) is 10.5 Å². The molecule has 100 valence electrons. The summed E-state index contributed by atoms with van der Waals surface area (Å²) in [6.45, 7) is 4.91. The van der Waals surface area contributed by atoms with Crippen LogP contribution in [0.25, 0.3) is 0 Å². The number of nitrogen functional groups attached to an aromatic ring is 1. The molecule has 1 rings (SSSR count). The number of amides is 1. The number of rotatable bonds is 6. The van der Waals surface area contributed by atoms with Gasteiger partial charge in [-0.1, -0.05) is 19.9 Å². The van der Waals surface area contributed by atoms with Crippen molar-refractivity contribution in [3.63, 3.8) is 0 Å². The lowest BCUT2D eigenvalue weighted by Crippen LogP contribution is -2.30. The number of ether oxygens (including phenoxy) is 1. The van der Waals surface area contributed by atoms with E-state index >= 15 is 0 Å². The van der Waals surface area contributed by atoms with E-state index in [1.54, 1.807) is 18.2 Å². The van der Waals surface area contributed by atoms with Crippen LogP contribution in [0.1, 0.15) is 20.3 Å². The van der Waals surface area contributed by atoms with Gasteiger partial charge in [0, 0.05) is 12.2 Å². The molecule has 0 aliphatic carbocycles. The fraction of sp³-hybridized carbons (Fsp3) is 0.462. The van der Waals surface area contributed by atoms with E-state index in [0.717, 1.165) is 6.42 Å². The van der Waals surface area contributed by atoms with Gasteiger partial charge in [-0.05, 0) is 40.4 Å². The zero-order valence-electron chi connectivity index (χ0n) is 10.7. The van der Waals surface area contributed by atoms with Crippen molar-refractivity contribution in [1.82, 2.24) is 5.32 Å². The summed E-state index contributed by atoms with van der Waals surface area (Å²) in [5.41, 5.74) is 6.30. The minimum atomic E-state index is -0.120. The van der Waals surface area contributed by atoms with E-state index in [1.165, 1.54) is 0 Å². The molecule has 0 fully saturated rings. The standard InChI is InChI=1S/C13H19BrN2O2/c1-9(2)6-7-16-12(17)8-18-11-5-3-4-10(15)13(11)14/h3-5,9H,6-8,15H2,1-2H3,(H,16,17). The van der Waals surface area contributed by atoms with Crippen LogP contribution in [0.15, 0.2) is 22.7 Å². The second-order valence-corrected chi connectivity index (χ2v) is 5.27. The average molecular weight is 315 g/mol. The van der Waals surface area contributed by atoms with Crippen LogP contribution >= 0.6 is 15.9 Å². The van der Waals surface area contributed by atoms with Gasteiger partial charge in [0.1, 0.15) is 5.75 Å². The summed E-state index contributed by atoms with van der Waals surface area (Å²) < 4.78 is 6.08. The molecule has 0 radical (unpaired) electrons. The van der Waals surface area contributed by atoms with Crippen molar-refractivity contribution in [3.05, 3.63) is 22.7 Å². The number of benzene rings is 1. The number of hydrogen-bond acceptors (Lipinski definition) is 3. The van der Waals surface area contributed by atoms with Crippen molar-refractivity contribution in [3.8, 4) is 5.75 Å². The summed E-state index contributed by atoms with van der Waals surface area (Å²) in [4.78, 5) is 11.5. The lowest BCUT2D eigenvalue weighted by Gasteiger charge is -2.10. The molecule has 1 amide bonds. The first-order chi connectivity index (χ1) is 8.50. The summed E-state index contributed by atoms with van der Waals surface area (Å²) in [6.07, 6.45) is 0.966. The van der Waals surface area contributed by atoms with Crippen molar-refractivity contribution < 1.29 is 9.53 Å². The van der Waals surface area contributed by atoms with Crippen molar-refractivity contribution in [2.24, 2.45) is 5.92 Å². The van der Waals surface area contributed by atoms with Gasteiger partial charge in [-0.2, -0.15) is 0 Å². The molecule has 0 aliphatic rings. The summed E-state index contributed by atoms with van der Waals surface area (Å²) in [6, 6.07) is 5.31. The van der Waals surface area contributed by atoms with Gasteiger partial charge in [0.15, 0.2) is 6.61 Å². The monoisotopic (exact) mass is 314 g/mol. The maximum atomic E-state index is 11.5. The van der Waals surface area contributed by atoms with Gasteiger partial charge in [-0.25, -0.2) is 0 Å². The molecule has 0 saturated carbocycles. The maximum Gasteiger partial charge on any atom is 0.257 e. The summed E-state index contributed by atoms with van der Waals surface area (Å²) in [5, 5.41) is 2.81. The molecule has 0 heterocycles. The highest BCUT2D eigenvalue weighted by Crippen LogP contribution is 2.30. The number of anilines is 1. The molecule has 0 atom stereocenters. The minimum absolute atomic E-state index is 0.000147. The van der Waals surface area contributed by atoms with Gasteiger partial charge < -0.3 is 15.8 Å². The molecule has 0 saturated heterocycles. The normalized spacial score (nSPS) is 10.4. The Kier molecular flexibility index (Phi) is 5.98. The van der Waals surface area contributed by atoms with Crippen LogP contribution in [-0.4, -0.2) is 19.1 Å². The second kappa shape index (κ2) is 7.26. The quantitative estimate of drug-likeness (QED) is 0.793. The summed E-state index contributed by atoms with van der Waals surface area (Å²) in [7, 11) is 0. The van der Waals surface area contributed by atoms with Gasteiger partial charge >= 0.3 is 0 Å². The van der Waals surface area contributed by atoms with Crippen molar-refractivity contribution in [2.45, 2.75) is 20.3 Å². The van der Waals surface area contributed by atoms with E-state index in [9.17, 15) is 4.79 Å². The molecule has 18 heavy (non-hydrogen) atoms. The highest BCUT2D eigenvalue weighted by Gasteiger charge is 2.07. The fourth-order valence-electron chi connectivity index (χ4n) is 1.33. The molecule has 5 heteroatoms. The van der Waals surface area contributed by atoms with Gasteiger partial charge in [-0.3, -0.25) is 4.79 Å². The molecule has 0 aliphatic heterocycles. The number of nitrogens with one attached hydrogen (secondary N) is 1. The van der Waals surface area contributed by atoms with Gasteiger partial charge in [-0.15, -0.1) is 0 Å². The molecule has 4 nitrogen and oxygen atoms in total. The fourth-order valence-corrected chi connectivity index (χ4v) is 1.71. The minimum Gasteiger partial charge on any atom is -0.483 e. The van der Waals surface area contributed by atoms with Crippen molar-refractivity contribution >= 4 is 27.5 Å². The predicted molar refractivity (Wildman–Crippen MR) is 76.5 cm³/mol. The first-order valence-electron chi connectivity index (χ1n) is 5.94. The molecule has 1 aromatic rings. The lowest BCUT2D eigenvalue weighted by atomic mass is 10.1. The Labute approximate surface area is 116 Å². The Hall–Kier alpha value is -1.23. The molecular weight excluding hydrogens is 296 g/mol. The van der Waals surface area contributed by atoms with Gasteiger partial charge in [0.2, 0.25) is 0 Å². The molecule has 0 aromatic heterocycles. The van der Waals surface area contributed by atoms with Crippen LogP contribution in [0, 0.1) is 5.92 Å². The highest BCUT2D eigenvalue weighted by molar-refractivity contribution is 9.10. The van der Waals surface area contributed by atoms with Gasteiger partial charge in [0.05, 0.1) is 4.47 Å². The van der Waals surface area contributed by atoms with Crippen LogP contribution in [0.5, 0.6) is 5.75 Å². The number of carbonyl (C=O) groups is 1. The predicted octanol–water partition coefficient (Wildman–Crippen LogP) is 2.57. The molecule has 0 unspecified atom stereocenters. The van der Waals surface area contributed by atoms with Crippen LogP contribution in [0.3, 0.4) is 0 Å². The Morgan fingerprint density at radius 1 is 1.50 bits per heavy atom. The third kappa shape index (κ3) is 4.96. The smallest absolute Gasteiger partial charge is 0.257 e. The number of hydrogen-bond donors (Lipinski definition) is 2. The zero-order valence-corrected chi connectivity index (χ0v) is 12.3. The zero-order chi connectivity index (χ0) is 13.5. The van der Waals surface area contributed by atoms with E-state index in [1.807, 2.05) is 0 Å². The number of carbonyl (C=O) groups excluding carboxylic acids is 1. The molecular formula is C13H19BrN2O2. The molecule has 0 spiro atoms. The highest BCUT2D eigenvalue weighted by atomic mass is 79.9. The first kappa shape index (κ1) is 14.8. The van der Waals surface area contributed by atoms with Crippen LogP contribution in [0.4, 0.5) is 5.69 Å².